The number of hydrogen-bond donors (Lipinski definition) is 1. The Hall–Kier alpha value is -2.20. The molecule has 1 N–H and O–H groups in total. The fourth-order valence-electron chi connectivity index (χ4n) is 2.13. The Morgan fingerprint density at radius 1 is 1.21 bits per heavy atom. The number of halogens is 1. The number of amides is 1. The first-order valence-electron chi connectivity index (χ1n) is 7.89. The minimum Gasteiger partial charge on any atom is -0.496 e. The monoisotopic (exact) mass is 347 g/mol. The van der Waals surface area contributed by atoms with Crippen LogP contribution in [0.3, 0.4) is 0 Å². The van der Waals surface area contributed by atoms with Crippen molar-refractivity contribution in [2.24, 2.45) is 0 Å². The molecular formula is C19H22ClNO3. The van der Waals surface area contributed by atoms with Gasteiger partial charge in [-0.25, -0.2) is 0 Å². The molecule has 0 heterocycles. The Kier molecular flexibility index (Phi) is 6.50. The lowest BCUT2D eigenvalue weighted by atomic mass is 10.1. The van der Waals surface area contributed by atoms with E-state index < -0.39 is 0 Å². The molecule has 4 nitrogen and oxygen atoms in total. The number of carbonyl (C=O) groups is 1. The molecule has 2 aromatic carbocycles. The van der Waals surface area contributed by atoms with Crippen molar-refractivity contribution < 1.29 is 14.3 Å². The van der Waals surface area contributed by atoms with Crippen molar-refractivity contribution in [2.45, 2.75) is 32.9 Å². The Morgan fingerprint density at radius 2 is 1.92 bits per heavy atom. The van der Waals surface area contributed by atoms with Crippen LogP contribution in [0, 0.1) is 0 Å². The highest BCUT2D eigenvalue weighted by Gasteiger charge is 2.12. The van der Waals surface area contributed by atoms with E-state index in [1.165, 1.54) is 0 Å². The summed E-state index contributed by atoms with van der Waals surface area (Å²) >= 11 is 5.87. The summed E-state index contributed by atoms with van der Waals surface area (Å²) in [6.45, 7) is 4.31. The van der Waals surface area contributed by atoms with Crippen molar-refractivity contribution in [1.29, 1.82) is 0 Å². The second kappa shape index (κ2) is 8.60. The summed E-state index contributed by atoms with van der Waals surface area (Å²) in [4.78, 5) is 12.3. The summed E-state index contributed by atoms with van der Waals surface area (Å²) in [5.41, 5.74) is 1.40. The molecule has 128 valence electrons. The lowest BCUT2D eigenvalue weighted by Gasteiger charge is -2.14. The van der Waals surface area contributed by atoms with Crippen LogP contribution < -0.4 is 14.8 Å². The summed E-state index contributed by atoms with van der Waals surface area (Å²) in [6, 6.07) is 12.6. The summed E-state index contributed by atoms with van der Waals surface area (Å²) in [5, 5.41) is 3.61. The van der Waals surface area contributed by atoms with Crippen molar-refractivity contribution in [3.8, 4) is 11.5 Å². The Labute approximate surface area is 147 Å². The van der Waals surface area contributed by atoms with E-state index in [0.717, 1.165) is 12.0 Å². The molecule has 0 aliphatic heterocycles. The standard InChI is InChI=1S/C19H22ClNO3/c1-4-13(2)21-19(22)14-5-10-18(23-3)15(11-14)12-24-17-8-6-16(20)7-9-17/h5-11,13H,4,12H2,1-3H3,(H,21,22)/t13-/m1/s1. The number of carbonyl (C=O) groups excluding carboxylic acids is 1. The number of ether oxygens (including phenoxy) is 2. The molecule has 5 heteroatoms. The fraction of sp³-hybridized carbons (Fsp3) is 0.316. The number of methoxy groups -OCH3 is 1. The summed E-state index contributed by atoms with van der Waals surface area (Å²) in [7, 11) is 1.60. The van der Waals surface area contributed by atoms with Gasteiger partial charge in [0.2, 0.25) is 0 Å². The molecule has 0 spiro atoms. The Morgan fingerprint density at radius 3 is 2.54 bits per heavy atom. The van der Waals surface area contributed by atoms with Crippen LogP contribution in [0.2, 0.25) is 5.02 Å². The van der Waals surface area contributed by atoms with Crippen LogP contribution in [0.15, 0.2) is 42.5 Å². The van der Waals surface area contributed by atoms with E-state index in [-0.39, 0.29) is 11.9 Å². The van der Waals surface area contributed by atoms with Crippen LogP contribution in [-0.2, 0) is 6.61 Å². The van der Waals surface area contributed by atoms with Crippen molar-refractivity contribution in [1.82, 2.24) is 5.32 Å². The number of benzene rings is 2. The topological polar surface area (TPSA) is 47.6 Å². The first-order valence-corrected chi connectivity index (χ1v) is 8.27. The van der Waals surface area contributed by atoms with Gasteiger partial charge in [0.15, 0.2) is 0 Å². The highest BCUT2D eigenvalue weighted by molar-refractivity contribution is 6.30. The van der Waals surface area contributed by atoms with E-state index in [4.69, 9.17) is 21.1 Å². The minimum atomic E-state index is -0.0975. The number of nitrogens with one attached hydrogen (secondary N) is 1. The molecule has 1 atom stereocenters. The van der Waals surface area contributed by atoms with Crippen LogP contribution in [0.1, 0.15) is 36.2 Å². The zero-order chi connectivity index (χ0) is 17.5. The first kappa shape index (κ1) is 18.1. The van der Waals surface area contributed by atoms with E-state index in [1.807, 2.05) is 13.8 Å². The normalized spacial score (nSPS) is 11.7. The Bertz CT molecular complexity index is 686. The van der Waals surface area contributed by atoms with Gasteiger partial charge in [-0.05, 0) is 55.8 Å². The number of hydrogen-bond acceptors (Lipinski definition) is 3. The molecule has 0 aromatic heterocycles. The van der Waals surface area contributed by atoms with Gasteiger partial charge in [-0.1, -0.05) is 18.5 Å². The van der Waals surface area contributed by atoms with E-state index in [2.05, 4.69) is 5.32 Å². The van der Waals surface area contributed by atoms with E-state index in [1.54, 1.807) is 49.6 Å². The van der Waals surface area contributed by atoms with Crippen molar-refractivity contribution in [2.75, 3.05) is 7.11 Å². The van der Waals surface area contributed by atoms with Crippen molar-refractivity contribution in [3.63, 3.8) is 0 Å². The van der Waals surface area contributed by atoms with Gasteiger partial charge in [-0.15, -0.1) is 0 Å². The quantitative estimate of drug-likeness (QED) is 0.804. The van der Waals surface area contributed by atoms with Gasteiger partial charge in [-0.3, -0.25) is 4.79 Å². The second-order valence-corrected chi connectivity index (χ2v) is 5.99. The average Bonchev–Trinajstić information content (AvgIpc) is 2.60. The highest BCUT2D eigenvalue weighted by atomic mass is 35.5. The lowest BCUT2D eigenvalue weighted by molar-refractivity contribution is 0.0939. The fourth-order valence-corrected chi connectivity index (χ4v) is 2.26. The van der Waals surface area contributed by atoms with Gasteiger partial charge in [0.05, 0.1) is 7.11 Å². The summed E-state index contributed by atoms with van der Waals surface area (Å²) in [6.07, 6.45) is 0.883. The molecule has 0 unspecified atom stereocenters. The zero-order valence-corrected chi connectivity index (χ0v) is 14.9. The Balaban J connectivity index is 2.13. The van der Waals surface area contributed by atoms with Crippen LogP contribution in [0.4, 0.5) is 0 Å². The molecule has 2 aromatic rings. The molecule has 1 amide bonds. The van der Waals surface area contributed by atoms with Gasteiger partial charge >= 0.3 is 0 Å². The average molecular weight is 348 g/mol. The first-order chi connectivity index (χ1) is 11.5. The maximum absolute atomic E-state index is 12.3. The predicted molar refractivity (Wildman–Crippen MR) is 96.0 cm³/mol. The predicted octanol–water partition coefficient (Wildman–Crippen LogP) is 4.46. The molecule has 2 rings (SSSR count). The van der Waals surface area contributed by atoms with E-state index in [9.17, 15) is 4.79 Å². The maximum Gasteiger partial charge on any atom is 0.251 e. The lowest BCUT2D eigenvalue weighted by Crippen LogP contribution is -2.31. The molecule has 0 saturated carbocycles. The smallest absolute Gasteiger partial charge is 0.251 e. The number of rotatable bonds is 7. The summed E-state index contributed by atoms with van der Waals surface area (Å²) in [5.74, 6) is 1.29. The van der Waals surface area contributed by atoms with Crippen LogP contribution in [0.5, 0.6) is 11.5 Å². The molecule has 24 heavy (non-hydrogen) atoms. The van der Waals surface area contributed by atoms with Crippen LogP contribution in [0.25, 0.3) is 0 Å². The van der Waals surface area contributed by atoms with Crippen molar-refractivity contribution >= 4 is 17.5 Å². The highest BCUT2D eigenvalue weighted by Crippen LogP contribution is 2.23. The molecule has 0 saturated heterocycles. The molecule has 0 radical (unpaired) electrons. The molecule has 0 fully saturated rings. The molecule has 0 bridgehead atoms. The minimum absolute atomic E-state index is 0.0975. The summed E-state index contributed by atoms with van der Waals surface area (Å²) < 4.78 is 11.1. The second-order valence-electron chi connectivity index (χ2n) is 5.55. The van der Waals surface area contributed by atoms with Gasteiger partial charge in [0.25, 0.3) is 5.91 Å². The molecular weight excluding hydrogens is 326 g/mol. The van der Waals surface area contributed by atoms with Gasteiger partial charge in [0, 0.05) is 22.2 Å². The van der Waals surface area contributed by atoms with Gasteiger partial charge in [-0.2, -0.15) is 0 Å². The van der Waals surface area contributed by atoms with E-state index >= 15 is 0 Å². The van der Waals surface area contributed by atoms with Crippen LogP contribution >= 0.6 is 11.6 Å². The zero-order valence-electron chi connectivity index (χ0n) is 14.1. The van der Waals surface area contributed by atoms with Gasteiger partial charge in [0.1, 0.15) is 18.1 Å². The third-order valence-electron chi connectivity index (χ3n) is 3.74. The molecule has 0 aliphatic carbocycles. The maximum atomic E-state index is 12.3. The van der Waals surface area contributed by atoms with E-state index in [0.29, 0.717) is 28.7 Å². The third-order valence-corrected chi connectivity index (χ3v) is 3.99. The third kappa shape index (κ3) is 4.90. The van der Waals surface area contributed by atoms with Gasteiger partial charge < -0.3 is 14.8 Å². The van der Waals surface area contributed by atoms with Crippen molar-refractivity contribution in [3.05, 3.63) is 58.6 Å². The largest absolute Gasteiger partial charge is 0.496 e. The SMILES string of the molecule is CC[C@@H](C)NC(=O)c1ccc(OC)c(COc2ccc(Cl)cc2)c1. The molecule has 0 aliphatic rings. The van der Waals surface area contributed by atoms with Crippen LogP contribution in [-0.4, -0.2) is 19.1 Å².